The number of piperidine rings is 1. The Balaban J connectivity index is 1.79. The molecule has 17 heavy (non-hydrogen) atoms. The van der Waals surface area contributed by atoms with Crippen molar-refractivity contribution in [2.45, 2.75) is 19.8 Å². The Kier molecular flexibility index (Phi) is 2.21. The molecule has 0 N–H and O–H groups in total. The first-order chi connectivity index (χ1) is 8.16. The lowest BCUT2D eigenvalue weighted by Gasteiger charge is -2.20. The Labute approximate surface area is 99.6 Å². The highest BCUT2D eigenvalue weighted by atomic mass is 19.1. The van der Waals surface area contributed by atoms with Crippen LogP contribution in [0.2, 0.25) is 0 Å². The van der Waals surface area contributed by atoms with Crippen LogP contribution in [0.5, 0.6) is 0 Å². The van der Waals surface area contributed by atoms with E-state index < -0.39 is 5.82 Å². The Bertz CT molecular complexity index is 472. The second kappa shape index (κ2) is 3.52. The van der Waals surface area contributed by atoms with Crippen LogP contribution in [0.4, 0.5) is 4.39 Å². The summed E-state index contributed by atoms with van der Waals surface area (Å²) in [6.07, 6.45) is 4.90. The Morgan fingerprint density at radius 1 is 1.71 bits per heavy atom. The van der Waals surface area contributed by atoms with Crippen molar-refractivity contribution in [3.63, 3.8) is 0 Å². The monoisotopic (exact) mass is 234 g/mol. The molecule has 3 rings (SSSR count). The molecule has 2 atom stereocenters. The molecule has 2 heterocycles. The maximum absolute atomic E-state index is 13.5. The molecular formula is C13H15FN2O. The van der Waals surface area contributed by atoms with Gasteiger partial charge in [0.2, 0.25) is 0 Å². The molecule has 1 aliphatic carbocycles. The molecule has 0 aromatic carbocycles. The molecule has 1 amide bonds. The Morgan fingerprint density at radius 2 is 2.53 bits per heavy atom. The lowest BCUT2D eigenvalue weighted by atomic mass is 10.0. The van der Waals surface area contributed by atoms with Gasteiger partial charge in [0.05, 0.1) is 11.8 Å². The standard InChI is InChI=1S/C13H15FN2O/c1-2-13-5-9(13)7-16(8-13)12(17)10-3-4-15-6-11(10)14/h3-4,6,9H,2,5,7-8H2,1H3. The van der Waals surface area contributed by atoms with Crippen LogP contribution >= 0.6 is 0 Å². The summed E-state index contributed by atoms with van der Waals surface area (Å²) in [6, 6.07) is 1.46. The van der Waals surface area contributed by atoms with Crippen LogP contribution in [-0.4, -0.2) is 28.9 Å². The van der Waals surface area contributed by atoms with E-state index in [0.717, 1.165) is 25.7 Å². The van der Waals surface area contributed by atoms with Gasteiger partial charge in [0.15, 0.2) is 5.82 Å². The van der Waals surface area contributed by atoms with Crippen molar-refractivity contribution in [2.24, 2.45) is 11.3 Å². The normalized spacial score (nSPS) is 30.2. The van der Waals surface area contributed by atoms with Crippen molar-refractivity contribution in [3.8, 4) is 0 Å². The molecule has 0 bridgehead atoms. The van der Waals surface area contributed by atoms with Gasteiger partial charge in [0.25, 0.3) is 5.91 Å². The first kappa shape index (κ1) is 10.7. The zero-order chi connectivity index (χ0) is 12.0. The number of likely N-dealkylation sites (tertiary alicyclic amines) is 1. The van der Waals surface area contributed by atoms with Gasteiger partial charge in [-0.25, -0.2) is 4.39 Å². The summed E-state index contributed by atoms with van der Waals surface area (Å²) in [5, 5.41) is 0. The minimum absolute atomic E-state index is 0.146. The minimum atomic E-state index is -0.524. The van der Waals surface area contributed by atoms with E-state index in [9.17, 15) is 9.18 Å². The van der Waals surface area contributed by atoms with Gasteiger partial charge in [-0.3, -0.25) is 9.78 Å². The molecule has 2 aliphatic rings. The van der Waals surface area contributed by atoms with E-state index in [1.54, 1.807) is 4.90 Å². The Hall–Kier alpha value is -1.45. The van der Waals surface area contributed by atoms with Crippen LogP contribution in [0.25, 0.3) is 0 Å². The highest BCUT2D eigenvalue weighted by Crippen LogP contribution is 2.59. The number of rotatable bonds is 2. The van der Waals surface area contributed by atoms with Crippen LogP contribution in [0, 0.1) is 17.2 Å². The predicted molar refractivity (Wildman–Crippen MR) is 60.9 cm³/mol. The highest BCUT2D eigenvalue weighted by Gasteiger charge is 2.59. The molecule has 0 radical (unpaired) electrons. The van der Waals surface area contributed by atoms with Crippen molar-refractivity contribution in [1.29, 1.82) is 0 Å². The van der Waals surface area contributed by atoms with Gasteiger partial charge in [-0.05, 0) is 30.2 Å². The maximum Gasteiger partial charge on any atom is 0.256 e. The molecule has 3 nitrogen and oxygen atoms in total. The largest absolute Gasteiger partial charge is 0.338 e. The lowest BCUT2D eigenvalue weighted by molar-refractivity contribution is 0.0759. The topological polar surface area (TPSA) is 33.2 Å². The van der Waals surface area contributed by atoms with Gasteiger partial charge in [-0.2, -0.15) is 0 Å². The summed E-state index contributed by atoms with van der Waals surface area (Å²) in [5.74, 6) is -0.0742. The van der Waals surface area contributed by atoms with Crippen molar-refractivity contribution >= 4 is 5.91 Å². The third-order valence-electron chi connectivity index (χ3n) is 4.30. The molecule has 1 saturated heterocycles. The zero-order valence-corrected chi connectivity index (χ0v) is 9.82. The molecule has 1 aromatic rings. The van der Waals surface area contributed by atoms with Crippen molar-refractivity contribution < 1.29 is 9.18 Å². The molecule has 1 saturated carbocycles. The molecule has 90 valence electrons. The number of nitrogens with zero attached hydrogens (tertiary/aromatic N) is 2. The molecule has 1 aromatic heterocycles. The van der Waals surface area contributed by atoms with Crippen LogP contribution in [0.1, 0.15) is 30.1 Å². The number of carbonyl (C=O) groups excluding carboxylic acids is 1. The van der Waals surface area contributed by atoms with E-state index in [-0.39, 0.29) is 11.5 Å². The van der Waals surface area contributed by atoms with Crippen molar-refractivity contribution in [1.82, 2.24) is 9.88 Å². The number of halogens is 1. The van der Waals surface area contributed by atoms with Gasteiger partial charge >= 0.3 is 0 Å². The minimum Gasteiger partial charge on any atom is -0.338 e. The molecule has 0 spiro atoms. The average molecular weight is 234 g/mol. The third-order valence-corrected chi connectivity index (χ3v) is 4.30. The first-order valence-corrected chi connectivity index (χ1v) is 6.05. The first-order valence-electron chi connectivity index (χ1n) is 6.05. The molecule has 1 aliphatic heterocycles. The van der Waals surface area contributed by atoms with Gasteiger partial charge in [-0.15, -0.1) is 0 Å². The summed E-state index contributed by atoms with van der Waals surface area (Å²) >= 11 is 0. The van der Waals surface area contributed by atoms with Crippen molar-refractivity contribution in [2.75, 3.05) is 13.1 Å². The van der Waals surface area contributed by atoms with E-state index in [1.807, 2.05) is 0 Å². The summed E-state index contributed by atoms with van der Waals surface area (Å²) < 4.78 is 13.5. The summed E-state index contributed by atoms with van der Waals surface area (Å²) in [4.78, 5) is 17.6. The van der Waals surface area contributed by atoms with Gasteiger partial charge in [0, 0.05) is 19.3 Å². The van der Waals surface area contributed by atoms with E-state index >= 15 is 0 Å². The SMILES string of the molecule is CCC12CC1CN(C(=O)c1ccncc1F)C2. The van der Waals surface area contributed by atoms with E-state index in [2.05, 4.69) is 11.9 Å². The quantitative estimate of drug-likeness (QED) is 0.785. The lowest BCUT2D eigenvalue weighted by Crippen LogP contribution is -2.32. The summed E-state index contributed by atoms with van der Waals surface area (Å²) in [7, 11) is 0. The number of carbonyl (C=O) groups is 1. The number of aromatic nitrogens is 1. The summed E-state index contributed by atoms with van der Waals surface area (Å²) in [5.41, 5.74) is 0.492. The maximum atomic E-state index is 13.5. The summed E-state index contributed by atoms with van der Waals surface area (Å²) in [6.45, 7) is 3.74. The van der Waals surface area contributed by atoms with Crippen molar-refractivity contribution in [3.05, 3.63) is 29.8 Å². The fourth-order valence-corrected chi connectivity index (χ4v) is 3.01. The Morgan fingerprint density at radius 3 is 3.18 bits per heavy atom. The van der Waals surface area contributed by atoms with Crippen LogP contribution in [0.15, 0.2) is 18.5 Å². The zero-order valence-electron chi connectivity index (χ0n) is 9.82. The average Bonchev–Trinajstić information content (AvgIpc) is 2.91. The number of amides is 1. The van der Waals surface area contributed by atoms with E-state index in [0.29, 0.717) is 11.3 Å². The van der Waals surface area contributed by atoms with E-state index in [4.69, 9.17) is 0 Å². The molecule has 4 heteroatoms. The molecule has 2 fully saturated rings. The van der Waals surface area contributed by atoms with E-state index in [1.165, 1.54) is 18.7 Å². The second-order valence-corrected chi connectivity index (χ2v) is 5.16. The molecular weight excluding hydrogens is 219 g/mol. The van der Waals surface area contributed by atoms with Gasteiger partial charge < -0.3 is 4.90 Å². The van der Waals surface area contributed by atoms with Gasteiger partial charge in [-0.1, -0.05) is 6.92 Å². The fraction of sp³-hybridized carbons (Fsp3) is 0.538. The number of hydrogen-bond donors (Lipinski definition) is 0. The third kappa shape index (κ3) is 1.54. The highest BCUT2D eigenvalue weighted by molar-refractivity contribution is 5.94. The van der Waals surface area contributed by atoms with Crippen LogP contribution in [-0.2, 0) is 0 Å². The van der Waals surface area contributed by atoms with Crippen LogP contribution < -0.4 is 0 Å². The second-order valence-electron chi connectivity index (χ2n) is 5.16. The number of pyridine rings is 1. The fourth-order valence-electron chi connectivity index (χ4n) is 3.01. The predicted octanol–water partition coefficient (Wildman–Crippen LogP) is 2.09. The van der Waals surface area contributed by atoms with Gasteiger partial charge in [0.1, 0.15) is 0 Å². The number of fused-ring (bicyclic) bond motifs is 1. The smallest absolute Gasteiger partial charge is 0.256 e. The van der Waals surface area contributed by atoms with Crippen LogP contribution in [0.3, 0.4) is 0 Å². The number of hydrogen-bond acceptors (Lipinski definition) is 2. The molecule has 2 unspecified atom stereocenters.